The first-order valence-electron chi connectivity index (χ1n) is 3.37. The summed E-state index contributed by atoms with van der Waals surface area (Å²) < 4.78 is 36.2. The van der Waals surface area contributed by atoms with Crippen molar-refractivity contribution in [2.75, 3.05) is 0 Å². The van der Waals surface area contributed by atoms with Crippen LogP contribution in [0.5, 0.6) is 0 Å². The molecule has 0 radical (unpaired) electrons. The predicted octanol–water partition coefficient (Wildman–Crippen LogP) is 2.22. The third-order valence-electron chi connectivity index (χ3n) is 1.50. The number of rotatable bonds is 2. The molecule has 0 spiro atoms. The molecule has 14 heavy (non-hydrogen) atoms. The lowest BCUT2D eigenvalue weighted by molar-refractivity contribution is -0.380. The molecule has 1 aromatic rings. The first-order chi connectivity index (χ1) is 6.32. The minimum atomic E-state index is -4.57. The van der Waals surface area contributed by atoms with Gasteiger partial charge in [0.15, 0.2) is 0 Å². The normalized spacial score (nSPS) is 14.0. The molecule has 8 heteroatoms. The van der Waals surface area contributed by atoms with Gasteiger partial charge in [0, 0.05) is 11.4 Å². The van der Waals surface area contributed by atoms with Gasteiger partial charge in [-0.2, -0.15) is 13.2 Å². The van der Waals surface area contributed by atoms with Gasteiger partial charge in [0.2, 0.25) is 0 Å². The van der Waals surface area contributed by atoms with E-state index < -0.39 is 17.1 Å². The van der Waals surface area contributed by atoms with Crippen molar-refractivity contribution in [2.24, 2.45) is 5.73 Å². The number of hydrogen-bond donors (Lipinski definition) is 1. The van der Waals surface area contributed by atoms with Crippen molar-refractivity contribution >= 4 is 16.3 Å². The number of nitro groups is 1. The maximum absolute atomic E-state index is 12.1. The molecule has 1 aromatic heterocycles. The number of hydrogen-bond acceptors (Lipinski definition) is 4. The molecule has 4 nitrogen and oxygen atoms in total. The van der Waals surface area contributed by atoms with Gasteiger partial charge in [0.1, 0.15) is 6.04 Å². The Bertz CT molecular complexity index is 349. The molecule has 0 unspecified atom stereocenters. The fourth-order valence-corrected chi connectivity index (χ4v) is 1.55. The van der Waals surface area contributed by atoms with E-state index in [1.54, 1.807) is 0 Å². The molecule has 2 N–H and O–H groups in total. The molecule has 0 saturated heterocycles. The molecule has 0 aliphatic rings. The summed E-state index contributed by atoms with van der Waals surface area (Å²) in [6, 6.07) is -1.32. The van der Waals surface area contributed by atoms with E-state index in [1.807, 2.05) is 0 Å². The second kappa shape index (κ2) is 3.54. The van der Waals surface area contributed by atoms with E-state index in [9.17, 15) is 23.3 Å². The van der Waals surface area contributed by atoms with Gasteiger partial charge in [-0.1, -0.05) is 11.3 Å². The van der Waals surface area contributed by atoms with Crippen molar-refractivity contribution in [1.82, 2.24) is 0 Å². The summed E-state index contributed by atoms with van der Waals surface area (Å²) in [7, 11) is 0. The molecule has 0 fully saturated rings. The number of thiophene rings is 1. The second-order valence-electron chi connectivity index (χ2n) is 2.49. The molecule has 1 heterocycles. The lowest BCUT2D eigenvalue weighted by Crippen LogP contribution is -2.27. The van der Waals surface area contributed by atoms with E-state index in [2.05, 4.69) is 0 Å². The third-order valence-corrected chi connectivity index (χ3v) is 2.40. The molecule has 0 aliphatic carbocycles. The van der Waals surface area contributed by atoms with Gasteiger partial charge in [-0.3, -0.25) is 10.1 Å². The highest BCUT2D eigenvalue weighted by molar-refractivity contribution is 7.13. The predicted molar refractivity (Wildman–Crippen MR) is 44.0 cm³/mol. The van der Waals surface area contributed by atoms with Crippen LogP contribution < -0.4 is 5.73 Å². The Morgan fingerprint density at radius 3 is 2.50 bits per heavy atom. The highest BCUT2D eigenvalue weighted by Crippen LogP contribution is 2.34. The van der Waals surface area contributed by atoms with Crippen LogP contribution in [-0.2, 0) is 0 Å². The van der Waals surface area contributed by atoms with Crippen molar-refractivity contribution in [2.45, 2.75) is 12.2 Å². The Hall–Kier alpha value is -1.15. The molecule has 0 saturated carbocycles. The fourth-order valence-electron chi connectivity index (χ4n) is 0.787. The van der Waals surface area contributed by atoms with E-state index in [4.69, 9.17) is 5.73 Å². The first-order valence-corrected chi connectivity index (χ1v) is 4.25. The Labute approximate surface area is 80.3 Å². The van der Waals surface area contributed by atoms with Gasteiger partial charge in [0.25, 0.3) is 0 Å². The summed E-state index contributed by atoms with van der Waals surface area (Å²) in [5.74, 6) is 0. The minimum absolute atomic E-state index is 0.283. The highest BCUT2D eigenvalue weighted by Gasteiger charge is 2.38. The van der Waals surface area contributed by atoms with Crippen LogP contribution in [0.25, 0.3) is 0 Å². The van der Waals surface area contributed by atoms with E-state index >= 15 is 0 Å². The van der Waals surface area contributed by atoms with Gasteiger partial charge in [-0.15, -0.1) is 0 Å². The average molecular weight is 226 g/mol. The third kappa shape index (κ3) is 2.20. The van der Waals surface area contributed by atoms with Gasteiger partial charge in [0.05, 0.1) is 4.92 Å². The SMILES string of the molecule is N[C@H](c1csc([N+](=O)[O-])c1)C(F)(F)F. The van der Waals surface area contributed by atoms with Crippen molar-refractivity contribution < 1.29 is 18.1 Å². The molecule has 0 aromatic carbocycles. The molecule has 0 bridgehead atoms. The largest absolute Gasteiger partial charge is 0.407 e. The van der Waals surface area contributed by atoms with Crippen LogP contribution in [0.2, 0.25) is 0 Å². The Kier molecular flexibility index (Phi) is 2.76. The Morgan fingerprint density at radius 2 is 2.14 bits per heavy atom. The van der Waals surface area contributed by atoms with Crippen LogP contribution >= 0.6 is 11.3 Å². The van der Waals surface area contributed by atoms with E-state index in [-0.39, 0.29) is 10.6 Å². The van der Waals surface area contributed by atoms with Crippen LogP contribution in [0.15, 0.2) is 11.4 Å². The lowest BCUT2D eigenvalue weighted by Gasteiger charge is -2.13. The lowest BCUT2D eigenvalue weighted by atomic mass is 10.1. The van der Waals surface area contributed by atoms with Gasteiger partial charge in [-0.25, -0.2) is 0 Å². The summed E-state index contributed by atoms with van der Waals surface area (Å²) in [5.41, 5.74) is 4.56. The number of nitrogens with zero attached hydrogens (tertiary/aromatic N) is 1. The molecular weight excluding hydrogens is 221 g/mol. The van der Waals surface area contributed by atoms with E-state index in [0.29, 0.717) is 11.3 Å². The first kappa shape index (κ1) is 10.9. The molecule has 78 valence electrons. The number of alkyl halides is 3. The summed E-state index contributed by atoms with van der Waals surface area (Å²) in [5, 5.41) is 10.9. The Morgan fingerprint density at radius 1 is 1.57 bits per heavy atom. The average Bonchev–Trinajstić information content (AvgIpc) is 2.48. The van der Waals surface area contributed by atoms with E-state index in [0.717, 1.165) is 11.4 Å². The summed E-state index contributed by atoms with van der Waals surface area (Å²) in [6.45, 7) is 0. The quantitative estimate of drug-likeness (QED) is 0.620. The number of nitrogens with two attached hydrogens (primary N) is 1. The topological polar surface area (TPSA) is 69.2 Å². The van der Waals surface area contributed by atoms with Crippen LogP contribution in [0.3, 0.4) is 0 Å². The van der Waals surface area contributed by atoms with Crippen LogP contribution in [0.4, 0.5) is 18.2 Å². The van der Waals surface area contributed by atoms with Gasteiger partial charge >= 0.3 is 11.2 Å². The zero-order chi connectivity index (χ0) is 10.9. The second-order valence-corrected chi connectivity index (χ2v) is 3.38. The highest BCUT2D eigenvalue weighted by atomic mass is 32.1. The van der Waals surface area contributed by atoms with Gasteiger partial charge < -0.3 is 5.73 Å². The van der Waals surface area contributed by atoms with Crippen LogP contribution in [0.1, 0.15) is 11.6 Å². The molecule has 0 aliphatic heterocycles. The molecule has 1 atom stereocenters. The van der Waals surface area contributed by atoms with Crippen molar-refractivity contribution in [3.63, 3.8) is 0 Å². The zero-order valence-electron chi connectivity index (χ0n) is 6.62. The summed E-state index contributed by atoms with van der Waals surface area (Å²) in [6.07, 6.45) is -4.57. The Balaban J connectivity index is 2.92. The molecule has 1 rings (SSSR count). The zero-order valence-corrected chi connectivity index (χ0v) is 7.43. The van der Waals surface area contributed by atoms with E-state index in [1.165, 1.54) is 0 Å². The smallest absolute Gasteiger partial charge is 0.316 e. The molecule has 0 amide bonds. The maximum atomic E-state index is 12.1. The summed E-state index contributed by atoms with van der Waals surface area (Å²) in [4.78, 5) is 9.43. The van der Waals surface area contributed by atoms with Crippen molar-refractivity contribution in [3.05, 3.63) is 27.1 Å². The van der Waals surface area contributed by atoms with Crippen LogP contribution in [0, 0.1) is 10.1 Å². The van der Waals surface area contributed by atoms with Crippen molar-refractivity contribution in [3.8, 4) is 0 Å². The monoisotopic (exact) mass is 226 g/mol. The fraction of sp³-hybridized carbons (Fsp3) is 0.333. The maximum Gasteiger partial charge on any atom is 0.407 e. The minimum Gasteiger partial charge on any atom is -0.316 e. The van der Waals surface area contributed by atoms with Crippen LogP contribution in [-0.4, -0.2) is 11.1 Å². The molecular formula is C6H5F3N2O2S. The summed E-state index contributed by atoms with van der Waals surface area (Å²) >= 11 is 0.623. The standard InChI is InChI=1S/C6H5F3N2O2S/c7-6(8,9)5(10)3-1-4(11(12)13)14-2-3/h1-2,5H,10H2/t5-/m1/s1. The van der Waals surface area contributed by atoms with Gasteiger partial charge in [-0.05, 0) is 5.56 Å². The van der Waals surface area contributed by atoms with Crippen molar-refractivity contribution in [1.29, 1.82) is 0 Å². The number of halogens is 3.